The zero-order chi connectivity index (χ0) is 14.2. The molecule has 0 aliphatic rings. The van der Waals surface area contributed by atoms with E-state index in [1.54, 1.807) is 12.1 Å². The van der Waals surface area contributed by atoms with Gasteiger partial charge in [0.05, 0.1) is 16.8 Å². The van der Waals surface area contributed by atoms with E-state index in [9.17, 15) is 8.42 Å². The van der Waals surface area contributed by atoms with Gasteiger partial charge in [0.15, 0.2) is 0 Å². The van der Waals surface area contributed by atoms with E-state index in [1.807, 2.05) is 17.6 Å². The van der Waals surface area contributed by atoms with Crippen LogP contribution in [0, 0.1) is 6.92 Å². The Hall–Kier alpha value is -1.60. The molecule has 0 aliphatic carbocycles. The van der Waals surface area contributed by atoms with Crippen LogP contribution in [0.15, 0.2) is 18.2 Å². The highest BCUT2D eigenvalue weighted by atomic mass is 32.2. The molecule has 1 aromatic carbocycles. The second kappa shape index (κ2) is 4.82. The summed E-state index contributed by atoms with van der Waals surface area (Å²) < 4.78 is 26.7. The largest absolute Gasteiger partial charge is 0.399 e. The molecule has 104 valence electrons. The molecule has 2 N–H and O–H groups in total. The predicted molar refractivity (Wildman–Crippen MR) is 76.4 cm³/mol. The van der Waals surface area contributed by atoms with Crippen molar-refractivity contribution in [1.82, 2.24) is 13.9 Å². The Labute approximate surface area is 112 Å². The number of aryl methyl sites for hydroxylation is 2. The lowest BCUT2D eigenvalue weighted by Gasteiger charge is -2.12. The van der Waals surface area contributed by atoms with E-state index in [0.29, 0.717) is 12.2 Å². The molecule has 0 saturated carbocycles. The third kappa shape index (κ3) is 2.71. The molecule has 1 heterocycles. The summed E-state index contributed by atoms with van der Waals surface area (Å²) in [4.78, 5) is 4.39. The molecule has 0 aliphatic heterocycles. The van der Waals surface area contributed by atoms with Gasteiger partial charge in [0.25, 0.3) is 0 Å². The molecule has 7 heteroatoms. The first-order chi connectivity index (χ1) is 8.81. The molecule has 0 unspecified atom stereocenters. The van der Waals surface area contributed by atoms with Crippen LogP contribution in [0.2, 0.25) is 0 Å². The number of fused-ring (bicyclic) bond motifs is 1. The average Bonchev–Trinajstić information content (AvgIpc) is 2.61. The van der Waals surface area contributed by atoms with E-state index in [2.05, 4.69) is 4.98 Å². The lowest BCUT2D eigenvalue weighted by Crippen LogP contribution is -2.27. The highest BCUT2D eigenvalue weighted by Gasteiger charge is 2.15. The number of hydrogen-bond donors (Lipinski definition) is 1. The fourth-order valence-corrected chi connectivity index (χ4v) is 2.72. The summed E-state index contributed by atoms with van der Waals surface area (Å²) in [5, 5.41) is 0. The Morgan fingerprint density at radius 3 is 2.68 bits per heavy atom. The topological polar surface area (TPSA) is 81.2 Å². The molecule has 2 aromatic rings. The summed E-state index contributed by atoms with van der Waals surface area (Å²) in [6.07, 6.45) is 0. The van der Waals surface area contributed by atoms with Crippen molar-refractivity contribution in [3.8, 4) is 0 Å². The van der Waals surface area contributed by atoms with Gasteiger partial charge in [0.1, 0.15) is 5.82 Å². The van der Waals surface area contributed by atoms with Gasteiger partial charge >= 0.3 is 0 Å². The van der Waals surface area contributed by atoms with Gasteiger partial charge in [-0.3, -0.25) is 0 Å². The number of hydrogen-bond acceptors (Lipinski definition) is 4. The van der Waals surface area contributed by atoms with Gasteiger partial charge in [-0.1, -0.05) is 0 Å². The van der Waals surface area contributed by atoms with Gasteiger partial charge in [-0.2, -0.15) is 0 Å². The summed E-state index contributed by atoms with van der Waals surface area (Å²) in [5.74, 6) is 0.839. The third-order valence-corrected chi connectivity index (χ3v) is 4.90. The number of nitrogen functional groups attached to an aromatic ring is 1. The Morgan fingerprint density at radius 1 is 1.37 bits per heavy atom. The molecular weight excluding hydrogens is 264 g/mol. The van der Waals surface area contributed by atoms with E-state index >= 15 is 0 Å². The SMILES string of the molecule is Cc1nc2cc(N)ccc2n1CCS(=O)(=O)N(C)C. The molecule has 0 spiro atoms. The molecule has 0 atom stereocenters. The van der Waals surface area contributed by atoms with Crippen molar-refractivity contribution >= 4 is 26.7 Å². The van der Waals surface area contributed by atoms with Gasteiger partial charge in [0.2, 0.25) is 10.0 Å². The molecule has 6 nitrogen and oxygen atoms in total. The van der Waals surface area contributed by atoms with E-state index in [1.165, 1.54) is 18.4 Å². The van der Waals surface area contributed by atoms with E-state index < -0.39 is 10.0 Å². The number of rotatable bonds is 4. The van der Waals surface area contributed by atoms with Crippen LogP contribution in [0.25, 0.3) is 11.0 Å². The minimum Gasteiger partial charge on any atom is -0.399 e. The Bertz CT molecular complexity index is 704. The highest BCUT2D eigenvalue weighted by molar-refractivity contribution is 7.89. The first-order valence-electron chi connectivity index (χ1n) is 5.94. The maximum Gasteiger partial charge on any atom is 0.215 e. The number of sulfonamides is 1. The predicted octanol–water partition coefficient (Wildman–Crippen LogP) is 0.818. The van der Waals surface area contributed by atoms with Crippen molar-refractivity contribution < 1.29 is 8.42 Å². The maximum atomic E-state index is 11.8. The monoisotopic (exact) mass is 282 g/mol. The molecule has 0 saturated heterocycles. The van der Waals surface area contributed by atoms with Crippen LogP contribution in [0.1, 0.15) is 5.82 Å². The number of nitrogens with zero attached hydrogens (tertiary/aromatic N) is 3. The number of anilines is 1. The fourth-order valence-electron chi connectivity index (χ4n) is 1.94. The van der Waals surface area contributed by atoms with Crippen LogP contribution in [0.5, 0.6) is 0 Å². The van der Waals surface area contributed by atoms with Crippen LogP contribution in [0.3, 0.4) is 0 Å². The van der Waals surface area contributed by atoms with Crippen molar-refractivity contribution in [1.29, 1.82) is 0 Å². The second-order valence-corrected chi connectivity index (χ2v) is 6.96. The number of imidazole rings is 1. The second-order valence-electron chi connectivity index (χ2n) is 4.66. The van der Waals surface area contributed by atoms with Crippen LogP contribution in [-0.2, 0) is 16.6 Å². The van der Waals surface area contributed by atoms with Crippen molar-refractivity contribution in [3.05, 3.63) is 24.0 Å². The van der Waals surface area contributed by atoms with Gasteiger partial charge in [-0.25, -0.2) is 17.7 Å². The normalized spacial score (nSPS) is 12.4. The zero-order valence-corrected chi connectivity index (χ0v) is 12.1. The Kier molecular flexibility index (Phi) is 3.51. The van der Waals surface area contributed by atoms with E-state index in [4.69, 9.17) is 5.73 Å². The molecule has 1 aromatic heterocycles. The molecule has 2 rings (SSSR count). The quantitative estimate of drug-likeness (QED) is 0.842. The Morgan fingerprint density at radius 2 is 2.05 bits per heavy atom. The first-order valence-corrected chi connectivity index (χ1v) is 7.55. The number of aromatic nitrogens is 2. The molecular formula is C12H18N4O2S. The fraction of sp³-hybridized carbons (Fsp3) is 0.417. The molecule has 19 heavy (non-hydrogen) atoms. The van der Waals surface area contributed by atoms with Crippen molar-refractivity contribution in [3.63, 3.8) is 0 Å². The smallest absolute Gasteiger partial charge is 0.215 e. The van der Waals surface area contributed by atoms with E-state index in [0.717, 1.165) is 16.9 Å². The average molecular weight is 282 g/mol. The van der Waals surface area contributed by atoms with Gasteiger partial charge in [-0.15, -0.1) is 0 Å². The number of benzene rings is 1. The zero-order valence-electron chi connectivity index (χ0n) is 11.3. The van der Waals surface area contributed by atoms with Crippen molar-refractivity contribution in [2.45, 2.75) is 13.5 Å². The number of nitrogens with two attached hydrogens (primary N) is 1. The van der Waals surface area contributed by atoms with Gasteiger partial charge in [-0.05, 0) is 25.1 Å². The molecule has 0 bridgehead atoms. The minimum absolute atomic E-state index is 0.0523. The van der Waals surface area contributed by atoms with Gasteiger partial charge in [0, 0.05) is 26.3 Å². The van der Waals surface area contributed by atoms with Crippen LogP contribution >= 0.6 is 0 Å². The Balaban J connectivity index is 2.34. The molecule has 0 fully saturated rings. The summed E-state index contributed by atoms with van der Waals surface area (Å²) in [6, 6.07) is 5.45. The van der Waals surface area contributed by atoms with Crippen LogP contribution in [-0.4, -0.2) is 42.1 Å². The summed E-state index contributed by atoms with van der Waals surface area (Å²) in [7, 11) is -0.135. The highest BCUT2D eigenvalue weighted by Crippen LogP contribution is 2.18. The van der Waals surface area contributed by atoms with Crippen molar-refractivity contribution in [2.75, 3.05) is 25.6 Å². The molecule has 0 amide bonds. The summed E-state index contributed by atoms with van der Waals surface area (Å²) in [6.45, 7) is 2.24. The third-order valence-electron chi connectivity index (χ3n) is 3.09. The summed E-state index contributed by atoms with van der Waals surface area (Å²) >= 11 is 0. The lowest BCUT2D eigenvalue weighted by molar-refractivity contribution is 0.515. The van der Waals surface area contributed by atoms with Gasteiger partial charge < -0.3 is 10.3 Å². The van der Waals surface area contributed by atoms with Crippen LogP contribution < -0.4 is 5.73 Å². The minimum atomic E-state index is -3.21. The van der Waals surface area contributed by atoms with Crippen LogP contribution in [0.4, 0.5) is 5.69 Å². The lowest BCUT2D eigenvalue weighted by atomic mass is 10.3. The molecule has 0 radical (unpaired) electrons. The van der Waals surface area contributed by atoms with Crippen molar-refractivity contribution in [2.24, 2.45) is 0 Å². The maximum absolute atomic E-state index is 11.8. The standard InChI is InChI=1S/C12H18N4O2S/c1-9-14-11-8-10(13)4-5-12(11)16(9)6-7-19(17,18)15(2)3/h4-5,8H,6-7,13H2,1-3H3. The summed E-state index contributed by atoms with van der Waals surface area (Å²) in [5.41, 5.74) is 8.06. The first kappa shape index (κ1) is 13.8. The van der Waals surface area contributed by atoms with E-state index in [-0.39, 0.29) is 5.75 Å².